The molecule has 0 spiro atoms. The molecule has 0 saturated heterocycles. The summed E-state index contributed by atoms with van der Waals surface area (Å²) in [4.78, 5) is 0. The van der Waals surface area contributed by atoms with E-state index in [1.54, 1.807) is 20.0 Å². The van der Waals surface area contributed by atoms with Gasteiger partial charge in [-0.05, 0) is 82.6 Å². The third-order valence-corrected chi connectivity index (χ3v) is 7.36. The fraction of sp³-hybridized carbons (Fsp3) is 0.258. The maximum atomic E-state index is 8.80. The number of hydrogen-bond donors (Lipinski definition) is 0. The van der Waals surface area contributed by atoms with Gasteiger partial charge < -0.3 is 0 Å². The molecule has 1 nitrogen and oxygen atoms in total. The highest BCUT2D eigenvalue weighted by molar-refractivity contribution is 5.98. The van der Waals surface area contributed by atoms with Crippen LogP contribution in [0.2, 0.25) is 0 Å². The molecule has 0 saturated carbocycles. The minimum absolute atomic E-state index is 0.247. The van der Waals surface area contributed by atoms with Crippen LogP contribution >= 0.6 is 0 Å². The van der Waals surface area contributed by atoms with Gasteiger partial charge in [0.1, 0.15) is 7.05 Å². The maximum absolute atomic E-state index is 8.80. The quantitative estimate of drug-likeness (QED) is 0.264. The topological polar surface area (TPSA) is 3.88 Å². The highest BCUT2D eigenvalue weighted by Gasteiger charge is 2.35. The zero-order chi connectivity index (χ0) is 25.6. The summed E-state index contributed by atoms with van der Waals surface area (Å²) in [7, 11) is 1.93. The first-order valence-corrected chi connectivity index (χ1v) is 11.4. The van der Waals surface area contributed by atoms with Gasteiger partial charge in [-0.3, -0.25) is 0 Å². The molecule has 6 rings (SSSR count). The molecule has 1 heterocycles. The molecule has 0 aliphatic heterocycles. The Kier molecular flexibility index (Phi) is 3.36. The lowest BCUT2D eigenvalue weighted by atomic mass is 9.84. The Bertz CT molecular complexity index is 1570. The van der Waals surface area contributed by atoms with Crippen molar-refractivity contribution in [1.82, 2.24) is 0 Å². The third kappa shape index (κ3) is 2.60. The molecule has 0 amide bonds. The van der Waals surface area contributed by atoms with Crippen molar-refractivity contribution < 1.29 is 10.1 Å². The lowest BCUT2D eigenvalue weighted by Crippen LogP contribution is -2.32. The Morgan fingerprint density at radius 3 is 2.16 bits per heavy atom. The van der Waals surface area contributed by atoms with Crippen LogP contribution in [0.4, 0.5) is 0 Å². The van der Waals surface area contributed by atoms with Crippen molar-refractivity contribution in [2.45, 2.75) is 46.4 Å². The minimum Gasteiger partial charge on any atom is -0.201 e. The summed E-state index contributed by atoms with van der Waals surface area (Å²) < 4.78 is 35.2. The maximum Gasteiger partial charge on any atom is 0.213 e. The molecule has 2 aliphatic rings. The van der Waals surface area contributed by atoms with E-state index >= 15 is 0 Å². The van der Waals surface area contributed by atoms with Crippen molar-refractivity contribution in [2.75, 3.05) is 0 Å². The van der Waals surface area contributed by atoms with Gasteiger partial charge in [0, 0.05) is 22.7 Å². The van der Waals surface area contributed by atoms with E-state index < -0.39 is 12.7 Å². The van der Waals surface area contributed by atoms with E-state index in [4.69, 9.17) is 5.48 Å². The van der Waals surface area contributed by atoms with Crippen molar-refractivity contribution >= 4 is 0 Å². The van der Waals surface area contributed by atoms with Crippen LogP contribution in [0.25, 0.3) is 33.5 Å². The van der Waals surface area contributed by atoms with E-state index in [-0.39, 0.29) is 5.56 Å². The number of pyridine rings is 1. The Morgan fingerprint density at radius 1 is 0.875 bits per heavy atom. The molecule has 0 radical (unpaired) electrons. The summed E-state index contributed by atoms with van der Waals surface area (Å²) in [6, 6.07) is 19.3. The van der Waals surface area contributed by atoms with Gasteiger partial charge in [0.25, 0.3) is 0 Å². The van der Waals surface area contributed by atoms with Crippen LogP contribution in [-0.4, -0.2) is 0 Å². The second-order valence-corrected chi connectivity index (χ2v) is 9.47. The number of hydrogen-bond acceptors (Lipinski definition) is 0. The first-order valence-electron chi connectivity index (χ1n) is 13.4. The molecule has 2 aliphatic carbocycles. The van der Waals surface area contributed by atoms with Gasteiger partial charge >= 0.3 is 0 Å². The SMILES string of the molecule is [2H]C([2H])([2H])c1c[n+](C)c(-c2c(C)c3c(c4c2-c2ccccc2C4)-c2ccccc2C3)cc1C([2H])(C)C. The summed E-state index contributed by atoms with van der Waals surface area (Å²) in [6.45, 7) is 3.47. The van der Waals surface area contributed by atoms with E-state index in [2.05, 4.69) is 55.5 Å². The fourth-order valence-electron chi connectivity index (χ4n) is 5.85. The highest BCUT2D eigenvalue weighted by atomic mass is 14.9. The van der Waals surface area contributed by atoms with Crippen LogP contribution in [0.3, 0.4) is 0 Å². The molecule has 0 N–H and O–H groups in total. The van der Waals surface area contributed by atoms with E-state index in [9.17, 15) is 0 Å². The molecule has 0 unspecified atom stereocenters. The zero-order valence-corrected chi connectivity index (χ0v) is 19.1. The average molecular weight is 421 g/mol. The normalized spacial score (nSPS) is 15.8. The summed E-state index contributed by atoms with van der Waals surface area (Å²) in [5, 5.41) is 0. The fourth-order valence-corrected chi connectivity index (χ4v) is 5.85. The average Bonchev–Trinajstić information content (AvgIpc) is 3.37. The molecule has 4 aromatic rings. The predicted molar refractivity (Wildman–Crippen MR) is 133 cm³/mol. The van der Waals surface area contributed by atoms with Gasteiger partial charge in [-0.15, -0.1) is 0 Å². The number of benzene rings is 3. The van der Waals surface area contributed by atoms with E-state index in [1.807, 2.05) is 17.7 Å². The standard InChI is InChI=1S/C31H30N/c1-18(2)25-16-28(32(5)17-19(25)3)29-20(4)26-14-21-10-6-8-12-23(21)30(26)27-15-22-11-7-9-13-24(22)31(27)29/h6-13,16-18H,14-15H2,1-5H3/q+1/i3D3,18D. The monoisotopic (exact) mass is 420 g/mol. The summed E-state index contributed by atoms with van der Waals surface area (Å²) in [5.74, 6) is -1.05. The lowest BCUT2D eigenvalue weighted by Gasteiger charge is -2.19. The summed E-state index contributed by atoms with van der Waals surface area (Å²) in [6.07, 6.45) is 3.52. The van der Waals surface area contributed by atoms with Gasteiger partial charge in [0.2, 0.25) is 5.69 Å². The third-order valence-electron chi connectivity index (χ3n) is 7.36. The second kappa shape index (κ2) is 6.90. The van der Waals surface area contributed by atoms with Gasteiger partial charge in [0.05, 0.1) is 5.56 Å². The molecule has 1 heteroatoms. The van der Waals surface area contributed by atoms with Gasteiger partial charge in [-0.25, -0.2) is 4.57 Å². The van der Waals surface area contributed by atoms with Crippen LogP contribution in [0.5, 0.6) is 0 Å². The minimum atomic E-state index is -2.28. The smallest absolute Gasteiger partial charge is 0.201 e. The molecule has 158 valence electrons. The first-order chi connectivity index (χ1) is 17.0. The van der Waals surface area contributed by atoms with Crippen LogP contribution in [-0.2, 0) is 19.9 Å². The molecule has 0 atom stereocenters. The van der Waals surface area contributed by atoms with Crippen molar-refractivity contribution in [3.05, 3.63) is 99.7 Å². The van der Waals surface area contributed by atoms with Crippen molar-refractivity contribution in [3.63, 3.8) is 0 Å². The number of fused-ring (bicyclic) bond motifs is 7. The van der Waals surface area contributed by atoms with Gasteiger partial charge in [-0.2, -0.15) is 0 Å². The Morgan fingerprint density at radius 2 is 1.50 bits per heavy atom. The Hall–Kier alpha value is -3.19. The summed E-state index contributed by atoms with van der Waals surface area (Å²) in [5.41, 5.74) is 14.8. The largest absolute Gasteiger partial charge is 0.213 e. The van der Waals surface area contributed by atoms with E-state index in [0.717, 1.165) is 24.1 Å². The second-order valence-electron chi connectivity index (χ2n) is 9.47. The van der Waals surface area contributed by atoms with Crippen molar-refractivity contribution in [1.29, 1.82) is 0 Å². The van der Waals surface area contributed by atoms with Crippen LogP contribution < -0.4 is 4.57 Å². The highest BCUT2D eigenvalue weighted by Crippen LogP contribution is 2.53. The molecule has 3 aromatic carbocycles. The zero-order valence-electron chi connectivity index (χ0n) is 23.1. The van der Waals surface area contributed by atoms with Gasteiger partial charge in [0.15, 0.2) is 6.20 Å². The van der Waals surface area contributed by atoms with Crippen molar-refractivity contribution in [2.24, 2.45) is 7.05 Å². The van der Waals surface area contributed by atoms with E-state index in [0.29, 0.717) is 5.56 Å². The molecular formula is C31H30N+. The molecular weight excluding hydrogens is 386 g/mol. The predicted octanol–water partition coefficient (Wildman–Crippen LogP) is 7.06. The van der Waals surface area contributed by atoms with Crippen LogP contribution in [0.15, 0.2) is 60.8 Å². The number of rotatable bonds is 2. The molecule has 0 fully saturated rings. The molecule has 1 aromatic heterocycles. The van der Waals surface area contributed by atoms with Crippen LogP contribution in [0.1, 0.15) is 64.2 Å². The Labute approximate surface area is 197 Å². The number of aryl methyl sites for hydroxylation is 2. The van der Waals surface area contributed by atoms with E-state index in [1.165, 1.54) is 50.1 Å². The van der Waals surface area contributed by atoms with Crippen LogP contribution in [0, 0.1) is 13.8 Å². The molecule has 32 heavy (non-hydrogen) atoms. The molecule has 0 bridgehead atoms. The first kappa shape index (κ1) is 15.6. The van der Waals surface area contributed by atoms with Gasteiger partial charge in [-0.1, -0.05) is 62.4 Å². The summed E-state index contributed by atoms with van der Waals surface area (Å²) >= 11 is 0. The van der Waals surface area contributed by atoms with Crippen molar-refractivity contribution in [3.8, 4) is 33.5 Å². The number of nitrogens with zero attached hydrogens (tertiary/aromatic N) is 1. The lowest BCUT2D eigenvalue weighted by molar-refractivity contribution is -0.660. The Balaban J connectivity index is 1.73. The number of aromatic nitrogens is 1.